The number of rotatable bonds is 5. The monoisotopic (exact) mass is 613 g/mol. The van der Waals surface area contributed by atoms with Crippen LogP contribution in [0.1, 0.15) is 25.0 Å². The molecular formula is C47H35N. The van der Waals surface area contributed by atoms with Crippen LogP contribution < -0.4 is 4.90 Å². The van der Waals surface area contributed by atoms with Gasteiger partial charge in [-0.3, -0.25) is 0 Å². The molecular weight excluding hydrogens is 579 g/mol. The zero-order chi connectivity index (χ0) is 32.2. The lowest BCUT2D eigenvalue weighted by Gasteiger charge is -2.32. The summed E-state index contributed by atoms with van der Waals surface area (Å²) >= 11 is 0. The number of anilines is 3. The quantitative estimate of drug-likeness (QED) is 0.187. The van der Waals surface area contributed by atoms with Crippen molar-refractivity contribution in [2.45, 2.75) is 19.3 Å². The molecule has 8 aromatic rings. The standard InChI is InChI=1S/C47H35N/c1-47(2)44-28-8-7-24-42(44)43-27-13-29-45(46(43)47)48(36-20-9-18-34(30-36)40-25-11-16-32-14-3-5-22-38(32)40)37-21-10-19-35(31-37)41-26-12-17-33-15-4-6-23-39(33)41/h3-31H,1-2H3. The lowest BCUT2D eigenvalue weighted by atomic mass is 9.81. The third kappa shape index (κ3) is 4.47. The molecule has 228 valence electrons. The summed E-state index contributed by atoms with van der Waals surface area (Å²) in [4.78, 5) is 2.48. The zero-order valence-electron chi connectivity index (χ0n) is 27.2. The lowest BCUT2D eigenvalue weighted by molar-refractivity contribution is 0.661. The van der Waals surface area contributed by atoms with Crippen molar-refractivity contribution >= 4 is 38.6 Å². The molecule has 0 aromatic heterocycles. The third-order valence-corrected chi connectivity index (χ3v) is 10.2. The Labute approximate surface area is 282 Å². The Balaban J connectivity index is 1.29. The van der Waals surface area contributed by atoms with Crippen LogP contribution in [0, 0.1) is 0 Å². The number of fused-ring (bicyclic) bond motifs is 5. The van der Waals surface area contributed by atoms with Crippen molar-refractivity contribution in [1.29, 1.82) is 0 Å². The molecule has 0 amide bonds. The fraction of sp³-hybridized carbons (Fsp3) is 0.0638. The third-order valence-electron chi connectivity index (χ3n) is 10.2. The number of hydrogen-bond acceptors (Lipinski definition) is 1. The van der Waals surface area contributed by atoms with Crippen molar-refractivity contribution in [2.75, 3.05) is 4.90 Å². The van der Waals surface area contributed by atoms with E-state index in [1.54, 1.807) is 0 Å². The Kier molecular flexibility index (Phi) is 6.55. The molecule has 0 atom stereocenters. The first-order chi connectivity index (χ1) is 23.6. The number of hydrogen-bond donors (Lipinski definition) is 0. The van der Waals surface area contributed by atoms with Gasteiger partial charge >= 0.3 is 0 Å². The van der Waals surface area contributed by atoms with E-state index >= 15 is 0 Å². The summed E-state index contributed by atoms with van der Waals surface area (Å²) in [5.74, 6) is 0. The molecule has 0 unspecified atom stereocenters. The van der Waals surface area contributed by atoms with Crippen LogP contribution in [-0.4, -0.2) is 0 Å². The Bertz CT molecular complexity index is 2370. The van der Waals surface area contributed by atoms with E-state index in [1.807, 2.05) is 0 Å². The largest absolute Gasteiger partial charge is 0.310 e. The van der Waals surface area contributed by atoms with Gasteiger partial charge in [0.05, 0.1) is 5.69 Å². The van der Waals surface area contributed by atoms with Crippen LogP contribution in [0.4, 0.5) is 17.1 Å². The Morgan fingerprint density at radius 1 is 0.396 bits per heavy atom. The first-order valence-corrected chi connectivity index (χ1v) is 16.8. The Hall–Kier alpha value is -5.92. The highest BCUT2D eigenvalue weighted by Crippen LogP contribution is 2.54. The molecule has 0 radical (unpaired) electrons. The summed E-state index contributed by atoms with van der Waals surface area (Å²) in [6.45, 7) is 4.75. The second-order valence-electron chi connectivity index (χ2n) is 13.4. The van der Waals surface area contributed by atoms with E-state index in [1.165, 1.54) is 71.7 Å². The molecule has 8 aromatic carbocycles. The maximum absolute atomic E-state index is 2.48. The van der Waals surface area contributed by atoms with Gasteiger partial charge in [-0.15, -0.1) is 0 Å². The molecule has 9 rings (SSSR count). The van der Waals surface area contributed by atoms with Gasteiger partial charge in [-0.1, -0.05) is 159 Å². The topological polar surface area (TPSA) is 3.24 Å². The SMILES string of the molecule is CC1(C)c2ccccc2-c2cccc(N(c3cccc(-c4cccc5ccccc45)c3)c3cccc(-c4cccc5ccccc45)c3)c21. The van der Waals surface area contributed by atoms with Gasteiger partial charge in [-0.25, -0.2) is 0 Å². The predicted molar refractivity (Wildman–Crippen MR) is 205 cm³/mol. The molecule has 0 fully saturated rings. The van der Waals surface area contributed by atoms with E-state index in [0.29, 0.717) is 0 Å². The van der Waals surface area contributed by atoms with Crippen LogP contribution in [0.25, 0.3) is 54.9 Å². The lowest BCUT2D eigenvalue weighted by Crippen LogP contribution is -2.20. The van der Waals surface area contributed by atoms with Crippen molar-refractivity contribution in [1.82, 2.24) is 0 Å². The Morgan fingerprint density at radius 3 is 1.48 bits per heavy atom. The van der Waals surface area contributed by atoms with Gasteiger partial charge in [0.1, 0.15) is 0 Å². The van der Waals surface area contributed by atoms with Crippen molar-refractivity contribution < 1.29 is 0 Å². The molecule has 1 aliphatic carbocycles. The van der Waals surface area contributed by atoms with Crippen molar-refractivity contribution in [3.63, 3.8) is 0 Å². The highest BCUT2D eigenvalue weighted by Gasteiger charge is 2.38. The van der Waals surface area contributed by atoms with E-state index in [9.17, 15) is 0 Å². The molecule has 0 bridgehead atoms. The van der Waals surface area contributed by atoms with Gasteiger partial charge in [0.15, 0.2) is 0 Å². The summed E-state index contributed by atoms with van der Waals surface area (Å²) in [6, 6.07) is 64.4. The van der Waals surface area contributed by atoms with Crippen molar-refractivity contribution in [2.24, 2.45) is 0 Å². The van der Waals surface area contributed by atoms with Gasteiger partial charge < -0.3 is 4.90 Å². The molecule has 0 aliphatic heterocycles. The number of benzene rings is 8. The zero-order valence-corrected chi connectivity index (χ0v) is 27.2. The van der Waals surface area contributed by atoms with Crippen molar-refractivity contribution in [3.8, 4) is 33.4 Å². The van der Waals surface area contributed by atoms with E-state index < -0.39 is 0 Å². The van der Waals surface area contributed by atoms with Gasteiger partial charge in [-0.05, 0) is 96.4 Å². The van der Waals surface area contributed by atoms with Crippen LogP contribution in [0.3, 0.4) is 0 Å². The molecule has 1 aliphatic rings. The maximum Gasteiger partial charge on any atom is 0.0508 e. The summed E-state index contributed by atoms with van der Waals surface area (Å²) in [6.07, 6.45) is 0. The van der Waals surface area contributed by atoms with E-state index in [0.717, 1.165) is 11.4 Å². The predicted octanol–water partition coefficient (Wildman–Crippen LogP) is 13.1. The average molecular weight is 614 g/mol. The fourth-order valence-corrected chi connectivity index (χ4v) is 8.01. The summed E-state index contributed by atoms with van der Waals surface area (Å²) < 4.78 is 0. The van der Waals surface area contributed by atoms with E-state index in [4.69, 9.17) is 0 Å². The molecule has 0 saturated heterocycles. The van der Waals surface area contributed by atoms with E-state index in [-0.39, 0.29) is 5.41 Å². The van der Waals surface area contributed by atoms with Crippen LogP contribution in [0.15, 0.2) is 176 Å². The maximum atomic E-state index is 2.48. The van der Waals surface area contributed by atoms with Crippen LogP contribution in [0.2, 0.25) is 0 Å². The van der Waals surface area contributed by atoms with Crippen LogP contribution >= 0.6 is 0 Å². The molecule has 0 heterocycles. The van der Waals surface area contributed by atoms with Gasteiger partial charge in [0.25, 0.3) is 0 Å². The van der Waals surface area contributed by atoms with Crippen molar-refractivity contribution in [3.05, 3.63) is 187 Å². The number of nitrogens with zero attached hydrogens (tertiary/aromatic N) is 1. The highest BCUT2D eigenvalue weighted by atomic mass is 15.1. The summed E-state index contributed by atoms with van der Waals surface area (Å²) in [5.41, 5.74) is 13.6. The highest BCUT2D eigenvalue weighted by molar-refractivity contribution is 6.00. The second kappa shape index (κ2) is 11.1. The molecule has 0 N–H and O–H groups in total. The van der Waals surface area contributed by atoms with Crippen LogP contribution in [-0.2, 0) is 5.41 Å². The molecule has 48 heavy (non-hydrogen) atoms. The summed E-state index contributed by atoms with van der Waals surface area (Å²) in [5, 5.41) is 5.03. The Morgan fingerprint density at radius 2 is 0.854 bits per heavy atom. The second-order valence-corrected chi connectivity index (χ2v) is 13.4. The smallest absolute Gasteiger partial charge is 0.0508 e. The van der Waals surface area contributed by atoms with Gasteiger partial charge in [-0.2, -0.15) is 0 Å². The summed E-state index contributed by atoms with van der Waals surface area (Å²) in [7, 11) is 0. The van der Waals surface area contributed by atoms with Gasteiger partial charge in [0.2, 0.25) is 0 Å². The minimum absolute atomic E-state index is 0.165. The minimum Gasteiger partial charge on any atom is -0.310 e. The molecule has 0 spiro atoms. The van der Waals surface area contributed by atoms with Crippen LogP contribution in [0.5, 0.6) is 0 Å². The molecule has 1 nitrogen and oxygen atoms in total. The van der Waals surface area contributed by atoms with Gasteiger partial charge in [0, 0.05) is 16.8 Å². The average Bonchev–Trinajstić information content (AvgIpc) is 3.38. The molecule has 0 saturated carbocycles. The molecule has 1 heteroatoms. The first-order valence-electron chi connectivity index (χ1n) is 16.8. The fourth-order valence-electron chi connectivity index (χ4n) is 8.01. The minimum atomic E-state index is -0.165. The normalized spacial score (nSPS) is 13.0. The first kappa shape index (κ1) is 28.3. The van der Waals surface area contributed by atoms with E-state index in [2.05, 4.69) is 195 Å².